The molecule has 0 saturated carbocycles. The van der Waals surface area contributed by atoms with Crippen LogP contribution in [0.25, 0.3) is 0 Å². The first-order valence-electron chi connectivity index (χ1n) is 8.69. The van der Waals surface area contributed by atoms with Gasteiger partial charge in [-0.3, -0.25) is 4.98 Å². The molecule has 2 aromatic rings. The van der Waals surface area contributed by atoms with Crippen LogP contribution in [0.5, 0.6) is 0 Å². The SMILES string of the molecule is COC(=O)c1c(NC(=S)NC(C)c2ccncc2)sc2c1CCC(C)C2. The fraction of sp³-hybridized carbons (Fsp3) is 0.421. The summed E-state index contributed by atoms with van der Waals surface area (Å²) in [6, 6.07) is 3.94. The molecule has 2 aromatic heterocycles. The summed E-state index contributed by atoms with van der Waals surface area (Å²) in [5.74, 6) is 0.334. The number of aromatic nitrogens is 1. The first-order valence-corrected chi connectivity index (χ1v) is 9.92. The van der Waals surface area contributed by atoms with Gasteiger partial charge in [-0.05, 0) is 67.6 Å². The van der Waals surface area contributed by atoms with E-state index >= 15 is 0 Å². The van der Waals surface area contributed by atoms with Crippen LogP contribution < -0.4 is 10.6 Å². The number of carbonyl (C=O) groups excluding carboxylic acids is 1. The first-order chi connectivity index (χ1) is 12.5. The van der Waals surface area contributed by atoms with Crippen molar-refractivity contribution in [2.24, 2.45) is 5.92 Å². The van der Waals surface area contributed by atoms with E-state index in [9.17, 15) is 4.79 Å². The Morgan fingerprint density at radius 3 is 2.85 bits per heavy atom. The van der Waals surface area contributed by atoms with Crippen LogP contribution >= 0.6 is 23.6 Å². The summed E-state index contributed by atoms with van der Waals surface area (Å²) in [4.78, 5) is 17.6. The Kier molecular flexibility index (Phi) is 5.88. The molecule has 138 valence electrons. The Morgan fingerprint density at radius 1 is 1.42 bits per heavy atom. The van der Waals surface area contributed by atoms with Crippen molar-refractivity contribution in [3.63, 3.8) is 0 Å². The number of nitrogens with zero attached hydrogens (tertiary/aromatic N) is 1. The highest BCUT2D eigenvalue weighted by Gasteiger charge is 2.28. The highest BCUT2D eigenvalue weighted by molar-refractivity contribution is 7.80. The second-order valence-electron chi connectivity index (χ2n) is 6.65. The molecule has 3 rings (SSSR count). The zero-order chi connectivity index (χ0) is 18.7. The standard InChI is InChI=1S/C19H23N3O2S2/c1-11-4-5-14-15(10-11)26-17(16(14)18(23)24-3)22-19(25)21-12(2)13-6-8-20-9-7-13/h6-9,11-12H,4-5,10H2,1-3H3,(H2,21,22,25). The van der Waals surface area contributed by atoms with E-state index in [1.54, 1.807) is 23.7 Å². The van der Waals surface area contributed by atoms with Crippen LogP contribution in [0.15, 0.2) is 24.5 Å². The van der Waals surface area contributed by atoms with Crippen molar-refractivity contribution < 1.29 is 9.53 Å². The van der Waals surface area contributed by atoms with E-state index in [0.717, 1.165) is 35.4 Å². The topological polar surface area (TPSA) is 63.2 Å². The van der Waals surface area contributed by atoms with E-state index in [4.69, 9.17) is 17.0 Å². The van der Waals surface area contributed by atoms with Crippen LogP contribution in [0, 0.1) is 5.92 Å². The molecule has 2 atom stereocenters. The quantitative estimate of drug-likeness (QED) is 0.606. The van der Waals surface area contributed by atoms with Gasteiger partial charge in [0.2, 0.25) is 0 Å². The van der Waals surface area contributed by atoms with E-state index in [-0.39, 0.29) is 12.0 Å². The lowest BCUT2D eigenvalue weighted by atomic mass is 9.88. The van der Waals surface area contributed by atoms with Gasteiger partial charge in [0.1, 0.15) is 5.00 Å². The van der Waals surface area contributed by atoms with Crippen molar-refractivity contribution in [1.82, 2.24) is 10.3 Å². The van der Waals surface area contributed by atoms with Crippen LogP contribution in [0.2, 0.25) is 0 Å². The summed E-state index contributed by atoms with van der Waals surface area (Å²) >= 11 is 7.09. The normalized spacial score (nSPS) is 17.1. The number of pyridine rings is 1. The maximum Gasteiger partial charge on any atom is 0.341 e. The average molecular weight is 390 g/mol. The number of fused-ring (bicyclic) bond motifs is 1. The minimum Gasteiger partial charge on any atom is -0.465 e. The summed E-state index contributed by atoms with van der Waals surface area (Å²) < 4.78 is 5.02. The number of ether oxygens (including phenoxy) is 1. The van der Waals surface area contributed by atoms with E-state index in [2.05, 4.69) is 22.5 Å². The number of anilines is 1. The van der Waals surface area contributed by atoms with Crippen molar-refractivity contribution in [3.05, 3.63) is 46.1 Å². The second kappa shape index (κ2) is 8.14. The zero-order valence-corrected chi connectivity index (χ0v) is 16.8. The van der Waals surface area contributed by atoms with Gasteiger partial charge in [0.15, 0.2) is 5.11 Å². The van der Waals surface area contributed by atoms with E-state index in [0.29, 0.717) is 16.6 Å². The van der Waals surface area contributed by atoms with Crippen molar-refractivity contribution in [2.75, 3.05) is 12.4 Å². The van der Waals surface area contributed by atoms with E-state index in [1.807, 2.05) is 19.1 Å². The number of thiophene rings is 1. The molecule has 2 heterocycles. The number of esters is 1. The third kappa shape index (κ3) is 4.04. The largest absolute Gasteiger partial charge is 0.465 e. The average Bonchev–Trinajstić information content (AvgIpc) is 2.98. The number of hydrogen-bond acceptors (Lipinski definition) is 5. The number of methoxy groups -OCH3 is 1. The molecular formula is C19H23N3O2S2. The van der Waals surface area contributed by atoms with Gasteiger partial charge in [-0.25, -0.2) is 4.79 Å². The van der Waals surface area contributed by atoms with Crippen LogP contribution in [-0.2, 0) is 17.6 Å². The number of thiocarbonyl (C=S) groups is 1. The van der Waals surface area contributed by atoms with Gasteiger partial charge in [-0.15, -0.1) is 11.3 Å². The third-order valence-corrected chi connectivity index (χ3v) is 6.07. The molecule has 0 amide bonds. The third-order valence-electron chi connectivity index (χ3n) is 4.68. The lowest BCUT2D eigenvalue weighted by molar-refractivity contribution is 0.0601. The lowest BCUT2D eigenvalue weighted by Crippen LogP contribution is -2.31. The van der Waals surface area contributed by atoms with Gasteiger partial charge in [-0.2, -0.15) is 0 Å². The van der Waals surface area contributed by atoms with Gasteiger partial charge < -0.3 is 15.4 Å². The molecule has 0 aliphatic heterocycles. The van der Waals surface area contributed by atoms with Crippen LogP contribution in [-0.4, -0.2) is 23.2 Å². The Hall–Kier alpha value is -1.99. The summed E-state index contributed by atoms with van der Waals surface area (Å²) in [6.45, 7) is 4.28. The van der Waals surface area contributed by atoms with Crippen molar-refractivity contribution in [2.45, 2.75) is 39.2 Å². The molecule has 26 heavy (non-hydrogen) atoms. The molecule has 0 fully saturated rings. The predicted octanol–water partition coefficient (Wildman–Crippen LogP) is 4.10. The summed E-state index contributed by atoms with van der Waals surface area (Å²) in [7, 11) is 1.42. The highest BCUT2D eigenvalue weighted by atomic mass is 32.1. The minimum absolute atomic E-state index is 0.0363. The van der Waals surface area contributed by atoms with E-state index < -0.39 is 0 Å². The van der Waals surface area contributed by atoms with Crippen molar-refractivity contribution >= 4 is 39.6 Å². The summed E-state index contributed by atoms with van der Waals surface area (Å²) in [5.41, 5.74) is 2.85. The van der Waals surface area contributed by atoms with Gasteiger partial charge in [0, 0.05) is 17.3 Å². The predicted molar refractivity (Wildman–Crippen MR) is 109 cm³/mol. The Balaban J connectivity index is 1.78. The van der Waals surface area contributed by atoms with Gasteiger partial charge in [0.25, 0.3) is 0 Å². The summed E-state index contributed by atoms with van der Waals surface area (Å²) in [6.07, 6.45) is 6.52. The fourth-order valence-corrected chi connectivity index (χ4v) is 4.97. The molecule has 5 nitrogen and oxygen atoms in total. The molecule has 2 unspecified atom stereocenters. The second-order valence-corrected chi connectivity index (χ2v) is 8.16. The smallest absolute Gasteiger partial charge is 0.341 e. The molecule has 7 heteroatoms. The Morgan fingerprint density at radius 2 is 2.15 bits per heavy atom. The number of carbonyl (C=O) groups is 1. The fourth-order valence-electron chi connectivity index (χ4n) is 3.23. The zero-order valence-electron chi connectivity index (χ0n) is 15.2. The van der Waals surface area contributed by atoms with Crippen LogP contribution in [0.4, 0.5) is 5.00 Å². The maximum absolute atomic E-state index is 12.3. The van der Waals surface area contributed by atoms with Gasteiger partial charge >= 0.3 is 5.97 Å². The number of rotatable bonds is 4. The lowest BCUT2D eigenvalue weighted by Gasteiger charge is -2.18. The number of nitrogens with one attached hydrogen (secondary N) is 2. The molecule has 0 spiro atoms. The monoisotopic (exact) mass is 389 g/mol. The molecule has 1 aliphatic rings. The molecule has 2 N–H and O–H groups in total. The number of hydrogen-bond donors (Lipinski definition) is 2. The molecule has 0 saturated heterocycles. The Bertz CT molecular complexity index is 805. The van der Waals surface area contributed by atoms with Crippen molar-refractivity contribution in [1.29, 1.82) is 0 Å². The molecule has 0 aromatic carbocycles. The molecule has 0 radical (unpaired) electrons. The van der Waals surface area contributed by atoms with Gasteiger partial charge in [0.05, 0.1) is 18.7 Å². The molecule has 1 aliphatic carbocycles. The van der Waals surface area contributed by atoms with Crippen LogP contribution in [0.3, 0.4) is 0 Å². The molecular weight excluding hydrogens is 366 g/mol. The maximum atomic E-state index is 12.3. The van der Waals surface area contributed by atoms with Gasteiger partial charge in [-0.1, -0.05) is 6.92 Å². The summed E-state index contributed by atoms with van der Waals surface area (Å²) in [5, 5.41) is 7.75. The minimum atomic E-state index is -0.301. The van der Waals surface area contributed by atoms with Crippen LogP contribution in [0.1, 0.15) is 52.7 Å². The first kappa shape index (κ1) is 18.8. The molecule has 0 bridgehead atoms. The van der Waals surface area contributed by atoms with Crippen molar-refractivity contribution in [3.8, 4) is 0 Å². The highest BCUT2D eigenvalue weighted by Crippen LogP contribution is 2.40. The van der Waals surface area contributed by atoms with E-state index in [1.165, 1.54) is 12.0 Å². The Labute approximate surface area is 163 Å².